The summed E-state index contributed by atoms with van der Waals surface area (Å²) >= 11 is 0. The molecule has 0 aliphatic rings. The molecule has 6 heteroatoms. The van der Waals surface area contributed by atoms with Gasteiger partial charge >= 0.3 is 0 Å². The molecule has 0 saturated heterocycles. The number of hydrogen-bond acceptors (Lipinski definition) is 4. The van der Waals surface area contributed by atoms with Gasteiger partial charge in [0.05, 0.1) is 26.1 Å². The van der Waals surface area contributed by atoms with Gasteiger partial charge in [-0.05, 0) is 42.5 Å². The summed E-state index contributed by atoms with van der Waals surface area (Å²) in [6.07, 6.45) is 1.76. The van der Waals surface area contributed by atoms with E-state index < -0.39 is 0 Å². The summed E-state index contributed by atoms with van der Waals surface area (Å²) in [7, 11) is 5.18. The van der Waals surface area contributed by atoms with Gasteiger partial charge < -0.3 is 19.4 Å². The van der Waals surface area contributed by atoms with E-state index in [4.69, 9.17) is 9.47 Å². The van der Waals surface area contributed by atoms with Crippen molar-refractivity contribution in [2.24, 2.45) is 7.05 Å². The summed E-state index contributed by atoms with van der Waals surface area (Å²) in [4.78, 5) is 4.41. The summed E-state index contributed by atoms with van der Waals surface area (Å²) in [5.74, 6) is 2.00. The first-order chi connectivity index (χ1) is 12.1. The van der Waals surface area contributed by atoms with Crippen LogP contribution in [0.25, 0.3) is 11.3 Å². The maximum Gasteiger partial charge on any atom is 0.203 e. The molecule has 0 aliphatic carbocycles. The average molecular weight is 341 g/mol. The van der Waals surface area contributed by atoms with Crippen molar-refractivity contribution in [1.29, 1.82) is 0 Å². The molecule has 0 aliphatic heterocycles. The molecule has 25 heavy (non-hydrogen) atoms. The fraction of sp³-hybridized carbons (Fsp3) is 0.211. The van der Waals surface area contributed by atoms with Crippen molar-refractivity contribution in [2.75, 3.05) is 19.5 Å². The van der Waals surface area contributed by atoms with Crippen LogP contribution in [-0.2, 0) is 13.6 Å². The van der Waals surface area contributed by atoms with Gasteiger partial charge in [-0.2, -0.15) is 0 Å². The molecule has 0 amide bonds. The molecule has 0 atom stereocenters. The number of ether oxygens (including phenoxy) is 2. The van der Waals surface area contributed by atoms with E-state index in [-0.39, 0.29) is 5.82 Å². The van der Waals surface area contributed by atoms with Crippen molar-refractivity contribution in [3.05, 3.63) is 60.0 Å². The third-order valence-corrected chi connectivity index (χ3v) is 4.05. The zero-order valence-corrected chi connectivity index (χ0v) is 14.4. The molecule has 0 saturated carbocycles. The van der Waals surface area contributed by atoms with Crippen molar-refractivity contribution in [3.8, 4) is 22.8 Å². The quantitative estimate of drug-likeness (QED) is 0.740. The summed E-state index contributed by atoms with van der Waals surface area (Å²) in [6, 6.07) is 12.0. The molecule has 130 valence electrons. The molecule has 0 spiro atoms. The highest BCUT2D eigenvalue weighted by atomic mass is 19.1. The van der Waals surface area contributed by atoms with Crippen LogP contribution >= 0.6 is 0 Å². The van der Waals surface area contributed by atoms with Gasteiger partial charge in [-0.3, -0.25) is 0 Å². The van der Waals surface area contributed by atoms with E-state index in [1.807, 2.05) is 29.8 Å². The van der Waals surface area contributed by atoms with E-state index in [9.17, 15) is 4.39 Å². The Kier molecular flexibility index (Phi) is 4.88. The Morgan fingerprint density at radius 1 is 1.08 bits per heavy atom. The fourth-order valence-electron chi connectivity index (χ4n) is 2.66. The molecule has 1 heterocycles. The second kappa shape index (κ2) is 7.25. The van der Waals surface area contributed by atoms with Gasteiger partial charge in [-0.15, -0.1) is 0 Å². The predicted molar refractivity (Wildman–Crippen MR) is 95.5 cm³/mol. The van der Waals surface area contributed by atoms with E-state index in [0.29, 0.717) is 12.5 Å². The number of benzene rings is 2. The highest BCUT2D eigenvalue weighted by Crippen LogP contribution is 2.26. The largest absolute Gasteiger partial charge is 0.497 e. The topological polar surface area (TPSA) is 48.3 Å². The van der Waals surface area contributed by atoms with E-state index in [1.165, 1.54) is 12.1 Å². The van der Waals surface area contributed by atoms with E-state index in [1.54, 1.807) is 32.5 Å². The van der Waals surface area contributed by atoms with Crippen molar-refractivity contribution in [2.45, 2.75) is 6.54 Å². The number of imidazole rings is 1. The highest BCUT2D eigenvalue weighted by molar-refractivity contribution is 5.61. The van der Waals surface area contributed by atoms with Crippen molar-refractivity contribution < 1.29 is 13.9 Å². The molecule has 0 bridgehead atoms. The van der Waals surface area contributed by atoms with Crippen LogP contribution in [0.15, 0.2) is 48.7 Å². The molecule has 1 N–H and O–H groups in total. The maximum atomic E-state index is 13.1. The first kappa shape index (κ1) is 16.8. The van der Waals surface area contributed by atoms with Gasteiger partial charge in [0.2, 0.25) is 5.95 Å². The monoisotopic (exact) mass is 341 g/mol. The van der Waals surface area contributed by atoms with Crippen molar-refractivity contribution in [1.82, 2.24) is 9.55 Å². The van der Waals surface area contributed by atoms with Crippen LogP contribution in [0.2, 0.25) is 0 Å². The standard InChI is InChI=1S/C19H20FN3O2/c1-23-17(13-4-6-15(20)7-5-13)12-22-19(23)21-11-14-10-16(24-2)8-9-18(14)25-3/h4-10,12H,11H2,1-3H3,(H,21,22). The Bertz CT molecular complexity index is 860. The number of nitrogens with zero attached hydrogens (tertiary/aromatic N) is 2. The molecule has 0 radical (unpaired) electrons. The molecular weight excluding hydrogens is 321 g/mol. The summed E-state index contributed by atoms with van der Waals surface area (Å²) in [5, 5.41) is 3.30. The molecule has 3 rings (SSSR count). The first-order valence-corrected chi connectivity index (χ1v) is 7.85. The van der Waals surface area contributed by atoms with Gasteiger partial charge in [0.25, 0.3) is 0 Å². The molecule has 0 unspecified atom stereocenters. The van der Waals surface area contributed by atoms with Gasteiger partial charge in [0.15, 0.2) is 0 Å². The van der Waals surface area contributed by atoms with Crippen LogP contribution in [0.1, 0.15) is 5.56 Å². The van der Waals surface area contributed by atoms with Crippen LogP contribution in [0.3, 0.4) is 0 Å². The number of nitrogens with one attached hydrogen (secondary N) is 1. The SMILES string of the molecule is COc1ccc(OC)c(CNc2ncc(-c3ccc(F)cc3)n2C)c1. The third kappa shape index (κ3) is 3.57. The Morgan fingerprint density at radius 3 is 2.52 bits per heavy atom. The lowest BCUT2D eigenvalue weighted by Crippen LogP contribution is -2.07. The number of aromatic nitrogens is 2. The highest BCUT2D eigenvalue weighted by Gasteiger charge is 2.10. The summed E-state index contributed by atoms with van der Waals surface area (Å²) in [6.45, 7) is 0.536. The van der Waals surface area contributed by atoms with Crippen LogP contribution in [-0.4, -0.2) is 23.8 Å². The zero-order valence-electron chi connectivity index (χ0n) is 14.4. The van der Waals surface area contributed by atoms with Gasteiger partial charge in [0, 0.05) is 24.7 Å². The van der Waals surface area contributed by atoms with Crippen molar-refractivity contribution >= 4 is 5.95 Å². The predicted octanol–water partition coefficient (Wildman–Crippen LogP) is 3.86. The Balaban J connectivity index is 1.80. The molecule has 5 nitrogen and oxygen atoms in total. The van der Waals surface area contributed by atoms with Gasteiger partial charge in [-0.1, -0.05) is 0 Å². The number of rotatable bonds is 6. The minimum absolute atomic E-state index is 0.255. The van der Waals surface area contributed by atoms with Crippen molar-refractivity contribution in [3.63, 3.8) is 0 Å². The summed E-state index contributed by atoms with van der Waals surface area (Å²) in [5.41, 5.74) is 2.77. The van der Waals surface area contributed by atoms with Crippen LogP contribution < -0.4 is 14.8 Å². The fourth-order valence-corrected chi connectivity index (χ4v) is 2.66. The second-order valence-electron chi connectivity index (χ2n) is 5.56. The smallest absolute Gasteiger partial charge is 0.203 e. The molecule has 3 aromatic rings. The van der Waals surface area contributed by atoms with Gasteiger partial charge in [0.1, 0.15) is 17.3 Å². The first-order valence-electron chi connectivity index (χ1n) is 7.85. The van der Waals surface area contributed by atoms with E-state index in [2.05, 4.69) is 10.3 Å². The molecule has 2 aromatic carbocycles. The lowest BCUT2D eigenvalue weighted by molar-refractivity contribution is 0.399. The van der Waals surface area contributed by atoms with Crippen LogP contribution in [0.5, 0.6) is 11.5 Å². The molecule has 0 fully saturated rings. The number of halogens is 1. The number of methoxy groups -OCH3 is 2. The van der Waals surface area contributed by atoms with E-state index in [0.717, 1.165) is 28.3 Å². The second-order valence-corrected chi connectivity index (χ2v) is 5.56. The number of anilines is 1. The Labute approximate surface area is 146 Å². The van der Waals surface area contributed by atoms with Gasteiger partial charge in [-0.25, -0.2) is 9.37 Å². The molecule has 1 aromatic heterocycles. The minimum atomic E-state index is -0.255. The Morgan fingerprint density at radius 2 is 1.84 bits per heavy atom. The minimum Gasteiger partial charge on any atom is -0.497 e. The lowest BCUT2D eigenvalue weighted by atomic mass is 10.1. The zero-order chi connectivity index (χ0) is 17.8. The van der Waals surface area contributed by atoms with Crippen LogP contribution in [0.4, 0.5) is 10.3 Å². The lowest BCUT2D eigenvalue weighted by Gasteiger charge is -2.12. The van der Waals surface area contributed by atoms with E-state index >= 15 is 0 Å². The van der Waals surface area contributed by atoms with Crippen LogP contribution in [0, 0.1) is 5.82 Å². The molecular formula is C19H20FN3O2. The third-order valence-electron chi connectivity index (χ3n) is 4.05. The Hall–Kier alpha value is -3.02. The number of hydrogen-bond donors (Lipinski definition) is 1. The normalized spacial score (nSPS) is 10.6. The summed E-state index contributed by atoms with van der Waals surface area (Å²) < 4.78 is 25.7. The average Bonchev–Trinajstić information content (AvgIpc) is 3.01. The maximum absolute atomic E-state index is 13.1.